The van der Waals surface area contributed by atoms with E-state index in [1.54, 1.807) is 80.5 Å². The van der Waals surface area contributed by atoms with Gasteiger partial charge in [0, 0.05) is 131 Å². The number of aryl methyl sites for hydroxylation is 2. The van der Waals surface area contributed by atoms with Crippen LogP contribution < -0.4 is 38.5 Å². The molecule has 34 heteroatoms. The number of hydrogen-bond acceptors (Lipinski definition) is 33. The summed E-state index contributed by atoms with van der Waals surface area (Å²) in [6, 6.07) is 41.7. The third-order valence-corrected chi connectivity index (χ3v) is 25.7. The van der Waals surface area contributed by atoms with Crippen molar-refractivity contribution in [2.24, 2.45) is 30.7 Å². The Morgan fingerprint density at radius 1 is 0.435 bits per heavy atom. The van der Waals surface area contributed by atoms with Gasteiger partial charge in [0.15, 0.2) is 23.3 Å². The molecule has 0 radical (unpaired) electrons. The number of pyridine rings is 2. The molecule has 676 valence electrons. The van der Waals surface area contributed by atoms with E-state index in [1.165, 1.54) is 0 Å². The van der Waals surface area contributed by atoms with Crippen molar-refractivity contribution in [1.82, 2.24) is 105 Å². The molecule has 15 aromatic rings. The maximum Gasteiger partial charge on any atom is 0.324 e. The first-order chi connectivity index (χ1) is 63.2. The van der Waals surface area contributed by atoms with Crippen molar-refractivity contribution < 1.29 is 28.3 Å². The topological polar surface area (TPSA) is 477 Å². The zero-order valence-corrected chi connectivity index (χ0v) is 75.7. The summed E-state index contributed by atoms with van der Waals surface area (Å²) < 4.78 is 24.3. The Bertz CT molecular complexity index is 6270. The molecule has 4 atom stereocenters. The normalized spacial score (nSPS) is 15.8. The van der Waals surface area contributed by atoms with Crippen molar-refractivity contribution in [3.05, 3.63) is 241 Å². The van der Waals surface area contributed by atoms with Gasteiger partial charge >= 0.3 is 6.01 Å². The minimum absolute atomic E-state index is 0.182. The summed E-state index contributed by atoms with van der Waals surface area (Å²) in [5.41, 5.74) is 35.7. The maximum atomic E-state index is 9.88. The van der Waals surface area contributed by atoms with E-state index < -0.39 is 11.0 Å². The number of nitrogens with zero attached hydrogens (tertiary/aromatic N) is 22. The molecule has 12 heterocycles. The van der Waals surface area contributed by atoms with E-state index >= 15 is 0 Å². The van der Waals surface area contributed by atoms with Crippen molar-refractivity contribution in [3.8, 4) is 79.0 Å². The number of nitrogens with two attached hydrogens (primary N) is 4. The van der Waals surface area contributed by atoms with Crippen LogP contribution >= 0.6 is 0 Å². The van der Waals surface area contributed by atoms with Crippen molar-refractivity contribution in [3.63, 3.8) is 0 Å². The van der Waals surface area contributed by atoms with Gasteiger partial charge in [-0.3, -0.25) is 9.58 Å². The van der Waals surface area contributed by atoms with Crippen LogP contribution in [0.2, 0.25) is 0 Å². The fraction of sp³-hybridized carbons (Fsp3) is 0.371. The van der Waals surface area contributed by atoms with Gasteiger partial charge in [0.1, 0.15) is 17.5 Å². The van der Waals surface area contributed by atoms with Crippen LogP contribution in [0.5, 0.6) is 0 Å². The molecule has 1 saturated heterocycles. The highest BCUT2D eigenvalue weighted by Gasteiger charge is 2.50. The molecule has 0 bridgehead atoms. The summed E-state index contributed by atoms with van der Waals surface area (Å²) in [5.74, 6) is 8.63. The molecule has 4 fully saturated rings. The van der Waals surface area contributed by atoms with Gasteiger partial charge in [0.05, 0.1) is 74.3 Å². The third kappa shape index (κ3) is 20.4. The molecule has 4 aliphatic rings. The summed E-state index contributed by atoms with van der Waals surface area (Å²) >= 11 is 0. The second kappa shape index (κ2) is 38.6. The smallest absolute Gasteiger partial charge is 0.324 e. The Morgan fingerprint density at radius 2 is 0.832 bits per heavy atom. The average Bonchev–Trinajstić information content (AvgIpc) is 1.61. The number of unbranched alkanes of at least 4 members (excludes halogenated alkanes) is 1. The average molecular weight is 1770 g/mol. The molecule has 3 unspecified atom stereocenters. The Hall–Kier alpha value is -14.3. The fourth-order valence-corrected chi connectivity index (χ4v) is 16.4. The summed E-state index contributed by atoms with van der Waals surface area (Å²) in [7, 11) is 1.86. The molecule has 12 N–H and O–H groups in total. The first kappa shape index (κ1) is 90.1. The SMILES string of the molecule is CC(C)(O)CNc1ccc(-c2nc(C(C)(c3ccc(-c4cnc(N)nc4)cc3)C3CC3)no2)cn1.CC(C)C(C)(c1ccc(-c2cnc(N)nc2)cc1)c1noc(N2CCN(CCO)CC2)n1.CCCCNc1ccc(-c2nc(C(C)(c3ccc(-c4cnc(N)nc4)cc3)C3CC3)no2)cn1.Cc1nc(-c2ccc([C@](C)(c3noc(-c4cnn(C)c4)n3)C3CC3)cc2)cnc1N. The van der Waals surface area contributed by atoms with Gasteiger partial charge in [-0.05, 0) is 180 Å². The molecule has 34 nitrogen and oxygen atoms in total. The molecule has 3 saturated carbocycles. The lowest BCUT2D eigenvalue weighted by molar-refractivity contribution is 0.0944. The van der Waals surface area contributed by atoms with Crippen molar-refractivity contribution in [2.75, 3.05) is 90.9 Å². The summed E-state index contributed by atoms with van der Waals surface area (Å²) in [5, 5.41) is 47.2. The van der Waals surface area contributed by atoms with Crippen LogP contribution in [0.4, 0.5) is 41.3 Å². The zero-order chi connectivity index (χ0) is 91.8. The third-order valence-electron chi connectivity index (χ3n) is 25.7. The van der Waals surface area contributed by atoms with Gasteiger partial charge in [0.2, 0.25) is 17.8 Å². The van der Waals surface area contributed by atoms with E-state index in [2.05, 4.69) is 242 Å². The van der Waals surface area contributed by atoms with Crippen LogP contribution in [0.15, 0.2) is 208 Å². The lowest BCUT2D eigenvalue weighted by atomic mass is 9.72. The molecule has 131 heavy (non-hydrogen) atoms. The Labute approximate surface area is 759 Å². The highest BCUT2D eigenvalue weighted by atomic mass is 16.5. The minimum atomic E-state index is -0.823. The Balaban J connectivity index is 0.000000128. The van der Waals surface area contributed by atoms with Gasteiger partial charge < -0.3 is 66.8 Å². The number of aromatic nitrogens is 20. The fourth-order valence-electron chi connectivity index (χ4n) is 16.4. The molecule has 11 aromatic heterocycles. The van der Waals surface area contributed by atoms with Crippen molar-refractivity contribution in [2.45, 2.75) is 148 Å². The van der Waals surface area contributed by atoms with Crippen LogP contribution in [-0.2, 0) is 28.7 Å². The first-order valence-electron chi connectivity index (χ1n) is 44.5. The highest BCUT2D eigenvalue weighted by molar-refractivity contribution is 5.67. The van der Waals surface area contributed by atoms with E-state index in [0.717, 1.165) is 179 Å². The standard InChI is InChI=1S/C26H29N7O2.C26H29N7O.C23H31N7O2.C22H23N7O/c1-25(2,34)15-31-21-11-6-17(12-28-21)22-32-23(33-35-22)26(3,20-9-10-20)19-7-4-16(5-8-19)18-13-29-24(27)30-14-18;1-3-4-13-28-22-12-7-18(14-29-22)23-32-24(33-34-23)26(2,21-10-11-21)20-8-5-17(6-9-20)19-15-30-25(27)31-16-19;1-16(2)23(3,19-6-4-17(5-7-19)18-14-25-21(24)26-15-18)20-27-22(32-28-20)30-10-8-29(9-11-30)12-13-31;1-13-19(23)24-11-18(26-13)14-4-6-16(7-5-14)22(2,17-8-9-17)21-27-20(30-28-21)15-10-25-29(3)12-15/h4-8,11-14,20,34H,9-10,15H2,1-3H3,(H,28,31)(H2,27,29,30);5-9,12,14-16,21H,3-4,10-11,13H2,1-2H3,(H,28,29)(H2,27,30,31);4-7,14-16,31H,8-13H2,1-3H3,(H2,24,25,26);4-7,10-12,17H,8-9H2,1-3H3,(H2,23,24)/t;;;22-/m...0/s1. The number of rotatable bonds is 29. The molecule has 0 amide bonds. The van der Waals surface area contributed by atoms with E-state index in [-0.39, 0.29) is 46.6 Å². The summed E-state index contributed by atoms with van der Waals surface area (Å²) in [4.78, 5) is 65.7. The molecule has 3 aliphatic carbocycles. The number of anilines is 7. The van der Waals surface area contributed by atoms with E-state index in [1.807, 2.05) is 44.4 Å². The Kier molecular flexibility index (Phi) is 26.5. The van der Waals surface area contributed by atoms with Crippen molar-refractivity contribution >= 4 is 41.3 Å². The summed E-state index contributed by atoms with van der Waals surface area (Å²) in [6.45, 7) is 26.2. The molecule has 4 aromatic carbocycles. The van der Waals surface area contributed by atoms with Crippen LogP contribution in [0, 0.1) is 30.6 Å². The lowest BCUT2D eigenvalue weighted by Gasteiger charge is -2.33. The van der Waals surface area contributed by atoms with Gasteiger partial charge in [-0.25, -0.2) is 49.8 Å². The first-order valence-corrected chi connectivity index (χ1v) is 44.5. The number of hydrogen-bond donors (Lipinski definition) is 8. The highest BCUT2D eigenvalue weighted by Crippen LogP contribution is 2.54. The quantitative estimate of drug-likeness (QED) is 0.0202. The largest absolute Gasteiger partial charge is 0.395 e. The maximum absolute atomic E-state index is 9.88. The second-order valence-electron chi connectivity index (χ2n) is 35.7. The van der Waals surface area contributed by atoms with E-state index in [0.29, 0.717) is 89.5 Å². The van der Waals surface area contributed by atoms with Gasteiger partial charge in [-0.1, -0.05) is 145 Å². The number of β-amino-alcohol motifs (C(OH)–C–C–N with tert-alkyl or cyclic N) is 1. The van der Waals surface area contributed by atoms with Crippen LogP contribution in [-0.4, -0.2) is 173 Å². The number of nitrogen functional groups attached to an aromatic ring is 4. The van der Waals surface area contributed by atoms with Gasteiger partial charge in [-0.15, -0.1) is 0 Å². The van der Waals surface area contributed by atoms with E-state index in [4.69, 9.17) is 66.1 Å². The molecule has 19 rings (SSSR count). The number of piperazine rings is 1. The van der Waals surface area contributed by atoms with Gasteiger partial charge in [-0.2, -0.15) is 25.0 Å². The minimum Gasteiger partial charge on any atom is -0.395 e. The van der Waals surface area contributed by atoms with Crippen LogP contribution in [0.25, 0.3) is 79.0 Å². The summed E-state index contributed by atoms with van der Waals surface area (Å²) in [6.07, 6.45) is 28.3. The molecule has 1 aliphatic heterocycles. The lowest BCUT2D eigenvalue weighted by Crippen LogP contribution is -2.47. The predicted octanol–water partition coefficient (Wildman–Crippen LogP) is 14.9. The van der Waals surface area contributed by atoms with E-state index in [9.17, 15) is 5.11 Å². The number of benzene rings is 4. The zero-order valence-electron chi connectivity index (χ0n) is 75.7. The number of aliphatic hydroxyl groups is 2. The second-order valence-corrected chi connectivity index (χ2v) is 35.7. The van der Waals surface area contributed by atoms with Crippen LogP contribution in [0.1, 0.15) is 165 Å². The van der Waals surface area contributed by atoms with Gasteiger partial charge in [0.25, 0.3) is 17.7 Å². The molecule has 0 spiro atoms. The number of aliphatic hydroxyl groups excluding tert-OH is 1. The molecular formula is C97H112N28O6. The van der Waals surface area contributed by atoms with Crippen LogP contribution in [0.3, 0.4) is 0 Å². The monoisotopic (exact) mass is 1760 g/mol. The predicted molar refractivity (Wildman–Crippen MR) is 501 cm³/mol. The Morgan fingerprint density at radius 3 is 1.21 bits per heavy atom. The number of nitrogens with one attached hydrogen (secondary N) is 2. The van der Waals surface area contributed by atoms with Crippen molar-refractivity contribution in [1.29, 1.82) is 0 Å². The molecular weight excluding hydrogens is 1650 g/mol.